The Kier molecular flexibility index (Phi) is 7.22. The average Bonchev–Trinajstić information content (AvgIpc) is 3.59. The number of thiophene rings is 1. The van der Waals surface area contributed by atoms with Crippen LogP contribution in [0.3, 0.4) is 0 Å². The van der Waals surface area contributed by atoms with E-state index in [1.165, 1.54) is 15.5 Å². The highest BCUT2D eigenvalue weighted by molar-refractivity contribution is 7.25. The lowest BCUT2D eigenvalue weighted by Crippen LogP contribution is -2.09. The van der Waals surface area contributed by atoms with Gasteiger partial charge in [0.15, 0.2) is 0 Å². The lowest BCUT2D eigenvalue weighted by molar-refractivity contribution is 1.28. The molecule has 4 aromatic carbocycles. The third-order valence-corrected chi connectivity index (χ3v) is 10.6. The molecule has 0 aliphatic carbocycles. The fourth-order valence-corrected chi connectivity index (χ4v) is 7.94. The minimum Gasteiger partial charge on any atom is -0.311 e. The number of fused-ring (bicyclic) bond motifs is 5. The SMILES string of the molecule is c1ccc2c(c1)sc1nc(-c3ccc(N(c4ccc(-c5cnc6ccncc6c5)cc4)c4ccc(-c5cnc6ccncc6c5)cc4)cc3)ccc12. The van der Waals surface area contributed by atoms with Crippen LogP contribution in [0, 0.1) is 0 Å². The molecule has 0 bridgehead atoms. The van der Waals surface area contributed by atoms with Crippen molar-refractivity contribution in [2.24, 2.45) is 0 Å². The van der Waals surface area contributed by atoms with E-state index in [1.54, 1.807) is 23.7 Å². The van der Waals surface area contributed by atoms with E-state index in [1.807, 2.05) is 36.9 Å². The summed E-state index contributed by atoms with van der Waals surface area (Å²) in [5.41, 5.74) is 11.3. The summed E-state index contributed by atoms with van der Waals surface area (Å²) < 4.78 is 1.26. The van der Waals surface area contributed by atoms with Gasteiger partial charge in [0.25, 0.3) is 0 Å². The van der Waals surface area contributed by atoms with Crippen molar-refractivity contribution in [3.63, 3.8) is 0 Å². The molecule has 0 spiro atoms. The summed E-state index contributed by atoms with van der Waals surface area (Å²) in [6.07, 6.45) is 11.1. The van der Waals surface area contributed by atoms with E-state index < -0.39 is 0 Å². The Morgan fingerprint density at radius 3 is 1.56 bits per heavy atom. The molecular formula is C45H28N6S. The van der Waals surface area contributed by atoms with Crippen molar-refractivity contribution in [3.8, 4) is 33.5 Å². The summed E-state index contributed by atoms with van der Waals surface area (Å²) in [5.74, 6) is 0. The van der Waals surface area contributed by atoms with Crippen molar-refractivity contribution in [2.45, 2.75) is 0 Å². The van der Waals surface area contributed by atoms with Crippen LogP contribution in [0.25, 0.3) is 75.6 Å². The van der Waals surface area contributed by atoms with E-state index in [2.05, 4.69) is 146 Å². The molecule has 244 valence electrons. The van der Waals surface area contributed by atoms with Crippen LogP contribution in [0.2, 0.25) is 0 Å². The van der Waals surface area contributed by atoms with Crippen LogP contribution in [0.15, 0.2) is 171 Å². The Balaban J connectivity index is 1.02. The maximum absolute atomic E-state index is 5.08. The van der Waals surface area contributed by atoms with Crippen LogP contribution in [0.1, 0.15) is 0 Å². The fraction of sp³-hybridized carbons (Fsp3) is 0. The first kappa shape index (κ1) is 30.0. The lowest BCUT2D eigenvalue weighted by atomic mass is 10.0. The molecule has 52 heavy (non-hydrogen) atoms. The van der Waals surface area contributed by atoms with Gasteiger partial charge in [-0.25, -0.2) is 4.98 Å². The van der Waals surface area contributed by atoms with Crippen molar-refractivity contribution in [1.82, 2.24) is 24.9 Å². The maximum atomic E-state index is 5.08. The fourth-order valence-electron chi connectivity index (χ4n) is 6.86. The second-order valence-electron chi connectivity index (χ2n) is 12.7. The molecule has 0 fully saturated rings. The second kappa shape index (κ2) is 12.5. The molecule has 0 aliphatic heterocycles. The predicted octanol–water partition coefficient (Wildman–Crippen LogP) is 11.8. The first-order chi connectivity index (χ1) is 25.7. The van der Waals surface area contributed by atoms with Crippen LogP contribution in [0.5, 0.6) is 0 Å². The molecule has 10 aromatic rings. The molecule has 0 radical (unpaired) electrons. The normalized spacial score (nSPS) is 11.5. The highest BCUT2D eigenvalue weighted by Gasteiger charge is 2.15. The number of anilines is 3. The van der Waals surface area contributed by atoms with Crippen LogP contribution in [-0.2, 0) is 0 Å². The molecule has 10 rings (SSSR count). The van der Waals surface area contributed by atoms with Crippen LogP contribution >= 0.6 is 11.3 Å². The largest absolute Gasteiger partial charge is 0.311 e. The summed E-state index contributed by atoms with van der Waals surface area (Å²) in [7, 11) is 0. The highest BCUT2D eigenvalue weighted by atomic mass is 32.1. The number of pyridine rings is 5. The van der Waals surface area contributed by atoms with Crippen molar-refractivity contribution >= 4 is 70.5 Å². The van der Waals surface area contributed by atoms with Gasteiger partial charge in [-0.3, -0.25) is 19.9 Å². The quantitative estimate of drug-likeness (QED) is 0.174. The molecular weight excluding hydrogens is 657 g/mol. The molecule has 0 N–H and O–H groups in total. The highest BCUT2D eigenvalue weighted by Crippen LogP contribution is 2.39. The van der Waals surface area contributed by atoms with E-state index in [0.717, 1.165) is 77.2 Å². The van der Waals surface area contributed by atoms with Gasteiger partial charge in [0.1, 0.15) is 4.83 Å². The van der Waals surface area contributed by atoms with Gasteiger partial charge < -0.3 is 4.90 Å². The molecule has 0 saturated heterocycles. The average molecular weight is 685 g/mol. The van der Waals surface area contributed by atoms with E-state index in [4.69, 9.17) is 4.98 Å². The topological polar surface area (TPSA) is 67.7 Å². The van der Waals surface area contributed by atoms with Gasteiger partial charge in [-0.05, 0) is 90.0 Å². The van der Waals surface area contributed by atoms with E-state index >= 15 is 0 Å². The minimum atomic E-state index is 0.934. The van der Waals surface area contributed by atoms with Crippen molar-refractivity contribution < 1.29 is 0 Å². The standard InChI is InChI=1S/C45H28N6S/c1-2-4-44-39(3-1)40-17-18-43(50-45(40)52-44)31-9-15-38(16-10-31)51(36-11-5-29(6-12-36)32-23-34-25-46-21-19-41(34)48-27-32)37-13-7-30(8-14-37)33-24-35-26-47-22-20-42(35)49-28-33/h1-28H. The van der Waals surface area contributed by atoms with Crippen LogP contribution in [-0.4, -0.2) is 24.9 Å². The Labute approximate surface area is 303 Å². The molecule has 6 heterocycles. The summed E-state index contributed by atoms with van der Waals surface area (Å²) in [6, 6.07) is 47.0. The number of benzene rings is 4. The van der Waals surface area contributed by atoms with E-state index in [9.17, 15) is 0 Å². The van der Waals surface area contributed by atoms with Crippen molar-refractivity contribution in [1.29, 1.82) is 0 Å². The summed E-state index contributed by atoms with van der Waals surface area (Å²) in [6.45, 7) is 0. The number of nitrogens with zero attached hydrogens (tertiary/aromatic N) is 6. The molecule has 7 heteroatoms. The third kappa shape index (κ3) is 5.41. The molecule has 0 amide bonds. The molecule has 0 unspecified atom stereocenters. The summed E-state index contributed by atoms with van der Waals surface area (Å²) >= 11 is 1.74. The molecule has 0 atom stereocenters. The van der Waals surface area contributed by atoms with Crippen molar-refractivity contribution in [3.05, 3.63) is 171 Å². The number of hydrogen-bond donors (Lipinski definition) is 0. The number of aromatic nitrogens is 5. The first-order valence-corrected chi connectivity index (χ1v) is 17.8. The number of rotatable bonds is 6. The molecule has 0 saturated carbocycles. The first-order valence-electron chi connectivity index (χ1n) is 17.0. The Bertz CT molecular complexity index is 2780. The van der Waals surface area contributed by atoms with Crippen LogP contribution < -0.4 is 4.90 Å². The van der Waals surface area contributed by atoms with Crippen LogP contribution in [0.4, 0.5) is 17.1 Å². The van der Waals surface area contributed by atoms with Gasteiger partial charge in [0.05, 0.1) is 16.7 Å². The monoisotopic (exact) mass is 684 g/mol. The second-order valence-corrected chi connectivity index (χ2v) is 13.7. The van der Waals surface area contributed by atoms with E-state index in [-0.39, 0.29) is 0 Å². The zero-order valence-electron chi connectivity index (χ0n) is 27.8. The van der Waals surface area contributed by atoms with Gasteiger partial charge in [0, 0.05) is 97.2 Å². The van der Waals surface area contributed by atoms with Gasteiger partial charge in [-0.1, -0.05) is 54.6 Å². The van der Waals surface area contributed by atoms with Gasteiger partial charge in [-0.15, -0.1) is 11.3 Å². The van der Waals surface area contributed by atoms with E-state index in [0.29, 0.717) is 0 Å². The summed E-state index contributed by atoms with van der Waals surface area (Å²) in [5, 5.41) is 4.49. The van der Waals surface area contributed by atoms with Gasteiger partial charge in [-0.2, -0.15) is 0 Å². The zero-order valence-corrected chi connectivity index (χ0v) is 28.6. The zero-order chi connectivity index (χ0) is 34.4. The number of hydrogen-bond acceptors (Lipinski definition) is 7. The molecule has 6 aromatic heterocycles. The third-order valence-electron chi connectivity index (χ3n) is 9.55. The van der Waals surface area contributed by atoms with Gasteiger partial charge >= 0.3 is 0 Å². The Hall–Kier alpha value is -6.83. The van der Waals surface area contributed by atoms with Crippen molar-refractivity contribution in [2.75, 3.05) is 4.90 Å². The molecule has 0 aliphatic rings. The smallest absolute Gasteiger partial charge is 0.125 e. The minimum absolute atomic E-state index is 0.934. The summed E-state index contributed by atoms with van der Waals surface area (Å²) in [4.78, 5) is 26.3. The predicted molar refractivity (Wildman–Crippen MR) is 214 cm³/mol. The molecule has 6 nitrogen and oxygen atoms in total. The Morgan fingerprint density at radius 2 is 0.981 bits per heavy atom. The maximum Gasteiger partial charge on any atom is 0.125 e. The Morgan fingerprint density at radius 1 is 0.442 bits per heavy atom. The van der Waals surface area contributed by atoms with Gasteiger partial charge in [0.2, 0.25) is 0 Å². The lowest BCUT2D eigenvalue weighted by Gasteiger charge is -2.26.